The van der Waals surface area contributed by atoms with Crippen LogP contribution >= 0.6 is 0 Å². The minimum Gasteiger partial charge on any atom is -0.466 e. The van der Waals surface area contributed by atoms with Crippen LogP contribution in [0.2, 0.25) is 0 Å². The Balaban J connectivity index is 3.01. The second-order valence-electron chi connectivity index (χ2n) is 6.23. The molecular weight excluding hydrogens is 276 g/mol. The topological polar surface area (TPSA) is 46.5 Å². The van der Waals surface area contributed by atoms with Gasteiger partial charge >= 0.3 is 5.97 Å². The highest BCUT2D eigenvalue weighted by atomic mass is 16.5. The van der Waals surface area contributed by atoms with Crippen molar-refractivity contribution in [2.75, 3.05) is 13.2 Å². The third-order valence-electron chi connectivity index (χ3n) is 4.09. The number of ether oxygens (including phenoxy) is 1. The van der Waals surface area contributed by atoms with E-state index in [4.69, 9.17) is 9.84 Å². The Labute approximate surface area is 137 Å². The minimum absolute atomic E-state index is 0.0427. The molecule has 1 N–H and O–H groups in total. The summed E-state index contributed by atoms with van der Waals surface area (Å²) < 4.78 is 4.91. The van der Waals surface area contributed by atoms with Crippen LogP contribution in [0.3, 0.4) is 0 Å². The van der Waals surface area contributed by atoms with Crippen LogP contribution in [0.4, 0.5) is 0 Å². The maximum absolute atomic E-state index is 11.1. The molecule has 0 aliphatic heterocycles. The molecule has 0 heterocycles. The summed E-state index contributed by atoms with van der Waals surface area (Å²) in [6, 6.07) is 0. The fourth-order valence-electron chi connectivity index (χ4n) is 2.74. The summed E-state index contributed by atoms with van der Waals surface area (Å²) in [4.78, 5) is 11.1. The summed E-state index contributed by atoms with van der Waals surface area (Å²) in [5.41, 5.74) is 0. The summed E-state index contributed by atoms with van der Waals surface area (Å²) in [7, 11) is 0. The van der Waals surface area contributed by atoms with Crippen LogP contribution in [0, 0.1) is 0 Å². The Morgan fingerprint density at radius 2 is 1.05 bits per heavy atom. The first-order valence-electron chi connectivity index (χ1n) is 9.57. The molecule has 0 saturated carbocycles. The lowest BCUT2D eigenvalue weighted by Crippen LogP contribution is -2.03. The lowest BCUT2D eigenvalue weighted by atomic mass is 10.0. The molecule has 0 aliphatic carbocycles. The Hall–Kier alpha value is -0.570. The van der Waals surface area contributed by atoms with Crippen molar-refractivity contribution in [1.82, 2.24) is 0 Å². The zero-order valence-corrected chi connectivity index (χ0v) is 14.8. The number of rotatable bonds is 17. The lowest BCUT2D eigenvalue weighted by Gasteiger charge is -2.03. The fraction of sp³-hybridized carbons (Fsp3) is 0.947. The van der Waals surface area contributed by atoms with Gasteiger partial charge in [-0.05, 0) is 19.8 Å². The number of aliphatic hydroxyl groups excluding tert-OH is 1. The van der Waals surface area contributed by atoms with Crippen LogP contribution in [0.5, 0.6) is 0 Å². The van der Waals surface area contributed by atoms with Gasteiger partial charge in [0.1, 0.15) is 0 Å². The predicted molar refractivity (Wildman–Crippen MR) is 93.0 cm³/mol. The minimum atomic E-state index is -0.0427. The smallest absolute Gasteiger partial charge is 0.305 e. The van der Waals surface area contributed by atoms with Crippen LogP contribution in [0.15, 0.2) is 0 Å². The second-order valence-corrected chi connectivity index (χ2v) is 6.23. The fourth-order valence-corrected chi connectivity index (χ4v) is 2.74. The summed E-state index contributed by atoms with van der Waals surface area (Å²) in [5.74, 6) is -0.0427. The van der Waals surface area contributed by atoms with Gasteiger partial charge < -0.3 is 9.84 Å². The molecule has 0 spiro atoms. The normalized spacial score (nSPS) is 10.8. The molecule has 0 aliphatic rings. The average Bonchev–Trinajstić information content (AvgIpc) is 2.51. The van der Waals surface area contributed by atoms with Crippen LogP contribution in [-0.4, -0.2) is 24.3 Å². The molecule has 22 heavy (non-hydrogen) atoms. The van der Waals surface area contributed by atoms with E-state index in [-0.39, 0.29) is 5.97 Å². The van der Waals surface area contributed by atoms with Crippen LogP contribution in [0.1, 0.15) is 103 Å². The summed E-state index contributed by atoms with van der Waals surface area (Å²) in [5, 5.41) is 8.68. The summed E-state index contributed by atoms with van der Waals surface area (Å²) in [6.45, 7) is 2.71. The van der Waals surface area contributed by atoms with Crippen LogP contribution < -0.4 is 0 Å². The molecule has 3 nitrogen and oxygen atoms in total. The number of carbonyl (C=O) groups is 1. The monoisotopic (exact) mass is 314 g/mol. The van der Waals surface area contributed by atoms with Crippen molar-refractivity contribution < 1.29 is 14.6 Å². The molecule has 0 aromatic rings. The van der Waals surface area contributed by atoms with E-state index >= 15 is 0 Å². The predicted octanol–water partition coefficient (Wildman–Crippen LogP) is 5.39. The van der Waals surface area contributed by atoms with Gasteiger partial charge in [-0.2, -0.15) is 0 Å². The highest BCUT2D eigenvalue weighted by Crippen LogP contribution is 2.13. The molecule has 0 unspecified atom stereocenters. The highest BCUT2D eigenvalue weighted by Gasteiger charge is 2.00. The molecule has 0 rings (SSSR count). The second kappa shape index (κ2) is 18.5. The average molecular weight is 315 g/mol. The first kappa shape index (κ1) is 21.4. The van der Waals surface area contributed by atoms with Gasteiger partial charge in [-0.15, -0.1) is 0 Å². The largest absolute Gasteiger partial charge is 0.466 e. The molecule has 0 aromatic heterocycles. The molecule has 0 saturated heterocycles. The van der Waals surface area contributed by atoms with Gasteiger partial charge in [0.25, 0.3) is 0 Å². The first-order valence-corrected chi connectivity index (χ1v) is 9.57. The summed E-state index contributed by atoms with van der Waals surface area (Å²) in [6.07, 6.45) is 18.3. The number of unbranched alkanes of at least 4 members (excludes halogenated alkanes) is 13. The molecule has 0 aromatic carbocycles. The third-order valence-corrected chi connectivity index (χ3v) is 4.09. The Kier molecular flexibility index (Phi) is 18.0. The van der Waals surface area contributed by atoms with E-state index in [2.05, 4.69) is 0 Å². The Morgan fingerprint density at radius 1 is 0.682 bits per heavy atom. The van der Waals surface area contributed by atoms with Gasteiger partial charge in [-0.3, -0.25) is 4.79 Å². The quantitative estimate of drug-likeness (QED) is 0.289. The number of esters is 1. The highest BCUT2D eigenvalue weighted by molar-refractivity contribution is 5.69. The zero-order chi connectivity index (χ0) is 16.3. The molecule has 3 heteroatoms. The molecule has 0 radical (unpaired) electrons. The zero-order valence-electron chi connectivity index (χ0n) is 14.8. The molecular formula is C19H38O3. The summed E-state index contributed by atoms with van der Waals surface area (Å²) >= 11 is 0. The van der Waals surface area contributed by atoms with Crippen molar-refractivity contribution in [2.45, 2.75) is 103 Å². The molecule has 0 bridgehead atoms. The van der Waals surface area contributed by atoms with E-state index in [1.54, 1.807) is 0 Å². The Morgan fingerprint density at radius 3 is 1.41 bits per heavy atom. The maximum atomic E-state index is 11.1. The van der Waals surface area contributed by atoms with E-state index in [9.17, 15) is 4.79 Å². The van der Waals surface area contributed by atoms with Gasteiger partial charge in [0.05, 0.1) is 6.61 Å². The molecule has 0 amide bonds. The van der Waals surface area contributed by atoms with Gasteiger partial charge in [-0.1, -0.05) is 77.0 Å². The van der Waals surface area contributed by atoms with Gasteiger partial charge in [0, 0.05) is 13.0 Å². The molecule has 132 valence electrons. The van der Waals surface area contributed by atoms with Gasteiger partial charge in [0.15, 0.2) is 0 Å². The van der Waals surface area contributed by atoms with Crippen molar-refractivity contribution >= 4 is 5.97 Å². The van der Waals surface area contributed by atoms with E-state index in [0.29, 0.717) is 19.6 Å². The number of hydrogen-bond acceptors (Lipinski definition) is 3. The van der Waals surface area contributed by atoms with Crippen molar-refractivity contribution in [3.05, 3.63) is 0 Å². The van der Waals surface area contributed by atoms with Crippen molar-refractivity contribution in [3.63, 3.8) is 0 Å². The maximum Gasteiger partial charge on any atom is 0.305 e. The lowest BCUT2D eigenvalue weighted by molar-refractivity contribution is -0.143. The first-order chi connectivity index (χ1) is 10.8. The Bertz CT molecular complexity index is 229. The van der Waals surface area contributed by atoms with Gasteiger partial charge in [-0.25, -0.2) is 0 Å². The van der Waals surface area contributed by atoms with Crippen molar-refractivity contribution in [3.8, 4) is 0 Å². The number of aliphatic hydroxyl groups is 1. The molecule has 0 fully saturated rings. The third kappa shape index (κ3) is 17.5. The van der Waals surface area contributed by atoms with Gasteiger partial charge in [0.2, 0.25) is 0 Å². The number of hydrogen-bond donors (Lipinski definition) is 1. The van der Waals surface area contributed by atoms with Crippen molar-refractivity contribution in [1.29, 1.82) is 0 Å². The van der Waals surface area contributed by atoms with Crippen LogP contribution in [0.25, 0.3) is 0 Å². The van der Waals surface area contributed by atoms with E-state index in [1.165, 1.54) is 70.6 Å². The number of carbonyl (C=O) groups excluding carboxylic acids is 1. The van der Waals surface area contributed by atoms with Crippen molar-refractivity contribution in [2.24, 2.45) is 0 Å². The van der Waals surface area contributed by atoms with E-state index in [0.717, 1.165) is 19.3 Å². The molecule has 0 atom stereocenters. The van der Waals surface area contributed by atoms with Crippen LogP contribution in [-0.2, 0) is 9.53 Å². The van der Waals surface area contributed by atoms with E-state index in [1.807, 2.05) is 6.92 Å². The van der Waals surface area contributed by atoms with E-state index < -0.39 is 0 Å². The SMILES string of the molecule is CCOC(=O)CCCCCCCCCCCCCCCCO. The standard InChI is InChI=1S/C19H38O3/c1-2-22-19(21)17-15-13-11-9-7-5-3-4-6-8-10-12-14-16-18-20/h20H,2-18H2,1H3.